The number of phosphoric ester groups is 1. The number of thiol groups is 2. The number of aromatic amines is 1. The van der Waals surface area contributed by atoms with Gasteiger partial charge in [0.2, 0.25) is 5.95 Å². The number of anilines is 3. The molecule has 24 heavy (non-hydrogen) atoms. The smallest absolute Gasteiger partial charge is 0.369 e. The number of nitrogens with two attached hydrogens (primary N) is 1. The second kappa shape index (κ2) is 6.26. The van der Waals surface area contributed by atoms with E-state index in [0.29, 0.717) is 9.81 Å². The molecule has 2 aliphatic rings. The second-order valence-electron chi connectivity index (χ2n) is 5.04. The number of phosphoric acid groups is 1. The van der Waals surface area contributed by atoms with Gasteiger partial charge in [-0.1, -0.05) is 0 Å². The maximum Gasteiger partial charge on any atom is 0.469 e. The number of rotatable bonds is 3. The zero-order valence-corrected chi connectivity index (χ0v) is 14.5. The van der Waals surface area contributed by atoms with Crippen LogP contribution in [-0.4, -0.2) is 44.7 Å². The van der Waals surface area contributed by atoms with Crippen LogP contribution in [0.1, 0.15) is 0 Å². The van der Waals surface area contributed by atoms with Gasteiger partial charge < -0.3 is 30.9 Å². The number of nitrogen functional groups attached to an aromatic ring is 1. The van der Waals surface area contributed by atoms with Crippen molar-refractivity contribution in [1.29, 1.82) is 0 Å². The van der Waals surface area contributed by atoms with E-state index < -0.39 is 38.4 Å². The van der Waals surface area contributed by atoms with Crippen molar-refractivity contribution >= 4 is 50.5 Å². The highest BCUT2D eigenvalue weighted by Crippen LogP contribution is 2.40. The van der Waals surface area contributed by atoms with Crippen LogP contribution in [0.4, 0.5) is 17.5 Å². The molecule has 1 aromatic rings. The molecule has 0 saturated heterocycles. The minimum atomic E-state index is -4.65. The molecule has 0 amide bonds. The van der Waals surface area contributed by atoms with Crippen LogP contribution >= 0.6 is 33.1 Å². The first-order chi connectivity index (χ1) is 11.2. The summed E-state index contributed by atoms with van der Waals surface area (Å²) in [5, 5.41) is 5.84. The summed E-state index contributed by atoms with van der Waals surface area (Å²) < 4.78 is 21.0. The highest BCUT2D eigenvalue weighted by Gasteiger charge is 2.40. The van der Waals surface area contributed by atoms with Gasteiger partial charge in [0.15, 0.2) is 12.0 Å². The van der Waals surface area contributed by atoms with Gasteiger partial charge >= 0.3 is 7.82 Å². The summed E-state index contributed by atoms with van der Waals surface area (Å²) in [5.41, 5.74) is 5.22. The first-order valence-electron chi connectivity index (χ1n) is 6.56. The lowest BCUT2D eigenvalue weighted by Crippen LogP contribution is -2.52. The van der Waals surface area contributed by atoms with Gasteiger partial charge in [-0.15, -0.1) is 25.3 Å². The summed E-state index contributed by atoms with van der Waals surface area (Å²) >= 11 is 8.63. The SMILES string of the molecule is Nc1nc2c(c(=O)[nH]1)N[C@@H]1C(S)=C(S)[C@H](COP(=O)(O)O)O[C@@H]1N2. The molecule has 0 aliphatic carbocycles. The van der Waals surface area contributed by atoms with E-state index >= 15 is 0 Å². The van der Waals surface area contributed by atoms with Crippen LogP contribution in [0.3, 0.4) is 0 Å². The fourth-order valence-electron chi connectivity index (χ4n) is 2.35. The van der Waals surface area contributed by atoms with E-state index in [1.807, 2.05) is 0 Å². The molecule has 3 rings (SSSR count). The lowest BCUT2D eigenvalue weighted by molar-refractivity contribution is -0.0153. The lowest BCUT2D eigenvalue weighted by Gasteiger charge is -2.41. The summed E-state index contributed by atoms with van der Waals surface area (Å²) in [6, 6.07) is -0.550. The minimum Gasteiger partial charge on any atom is -0.369 e. The summed E-state index contributed by atoms with van der Waals surface area (Å²) in [6.45, 7) is -0.421. The number of ether oxygens (including phenoxy) is 1. The molecule has 14 heteroatoms. The summed E-state index contributed by atoms with van der Waals surface area (Å²) in [7, 11) is -4.65. The molecule has 1 aromatic heterocycles. The van der Waals surface area contributed by atoms with E-state index in [4.69, 9.17) is 20.3 Å². The molecular weight excluding hydrogens is 381 g/mol. The number of fused-ring (bicyclic) bond motifs is 2. The van der Waals surface area contributed by atoms with E-state index in [1.165, 1.54) is 0 Å². The van der Waals surface area contributed by atoms with Crippen molar-refractivity contribution < 1.29 is 23.6 Å². The topological polar surface area (TPSA) is 172 Å². The van der Waals surface area contributed by atoms with Crippen LogP contribution in [0, 0.1) is 0 Å². The Bertz CT molecular complexity index is 809. The monoisotopic (exact) mass is 395 g/mol. The number of aromatic nitrogens is 2. The molecule has 0 fully saturated rings. The average molecular weight is 395 g/mol. The van der Waals surface area contributed by atoms with Crippen molar-refractivity contribution in [2.24, 2.45) is 0 Å². The number of H-pyrrole nitrogens is 1. The van der Waals surface area contributed by atoms with Gasteiger partial charge in [0, 0.05) is 9.81 Å². The number of hydrogen-bond acceptors (Lipinski definition) is 10. The third-order valence-electron chi connectivity index (χ3n) is 3.39. The first kappa shape index (κ1) is 17.6. The van der Waals surface area contributed by atoms with Crippen molar-refractivity contribution in [3.05, 3.63) is 20.2 Å². The molecule has 3 atom stereocenters. The van der Waals surface area contributed by atoms with Crippen LogP contribution in [0.2, 0.25) is 0 Å². The van der Waals surface area contributed by atoms with Crippen LogP contribution in [0.15, 0.2) is 14.6 Å². The Morgan fingerprint density at radius 1 is 1.33 bits per heavy atom. The van der Waals surface area contributed by atoms with Gasteiger partial charge in [0.05, 0.1) is 6.61 Å². The third-order valence-corrected chi connectivity index (χ3v) is 5.10. The molecular formula is C10H14N5O6PS2. The van der Waals surface area contributed by atoms with Gasteiger partial charge in [-0.2, -0.15) is 4.98 Å². The molecule has 2 aliphatic heterocycles. The predicted octanol–water partition coefficient (Wildman–Crippen LogP) is -0.537. The number of nitrogens with zero attached hydrogens (tertiary/aromatic N) is 1. The van der Waals surface area contributed by atoms with E-state index in [9.17, 15) is 9.36 Å². The van der Waals surface area contributed by atoms with Gasteiger partial charge in [0.1, 0.15) is 17.8 Å². The van der Waals surface area contributed by atoms with Gasteiger partial charge in [-0.3, -0.25) is 14.3 Å². The molecule has 132 valence electrons. The number of hydrogen-bond donors (Lipinski definition) is 8. The maximum atomic E-state index is 11.9. The number of nitrogens with one attached hydrogen (secondary N) is 3. The lowest BCUT2D eigenvalue weighted by atomic mass is 10.1. The van der Waals surface area contributed by atoms with Gasteiger partial charge in [-0.05, 0) is 0 Å². The Balaban J connectivity index is 1.88. The quantitative estimate of drug-likeness (QED) is 0.245. The van der Waals surface area contributed by atoms with Crippen molar-refractivity contribution in [3.63, 3.8) is 0 Å². The van der Waals surface area contributed by atoms with E-state index in [0.717, 1.165) is 0 Å². The van der Waals surface area contributed by atoms with E-state index in [-0.39, 0.29) is 17.5 Å². The van der Waals surface area contributed by atoms with Crippen LogP contribution in [-0.2, 0) is 13.8 Å². The Morgan fingerprint density at radius 3 is 2.71 bits per heavy atom. The molecule has 0 unspecified atom stereocenters. The Labute approximate surface area is 146 Å². The highest BCUT2D eigenvalue weighted by molar-refractivity contribution is 7.88. The van der Waals surface area contributed by atoms with Crippen LogP contribution < -0.4 is 21.9 Å². The Kier molecular flexibility index (Phi) is 4.59. The fourth-order valence-corrected chi connectivity index (χ4v) is 3.30. The van der Waals surface area contributed by atoms with E-state index in [2.05, 4.69) is 50.4 Å². The molecule has 0 saturated carbocycles. The molecule has 0 bridgehead atoms. The summed E-state index contributed by atoms with van der Waals surface area (Å²) in [6.07, 6.45) is -1.58. The zero-order chi connectivity index (χ0) is 17.6. The van der Waals surface area contributed by atoms with Crippen molar-refractivity contribution in [1.82, 2.24) is 9.97 Å². The minimum absolute atomic E-state index is 0.0692. The van der Waals surface area contributed by atoms with E-state index in [1.54, 1.807) is 0 Å². The van der Waals surface area contributed by atoms with Crippen LogP contribution in [0.5, 0.6) is 0 Å². The first-order valence-corrected chi connectivity index (χ1v) is 8.98. The molecule has 0 aromatic carbocycles. The average Bonchev–Trinajstić information content (AvgIpc) is 2.47. The molecule has 3 heterocycles. The standard InChI is InChI=1S/C10H14N5O6PS2/c11-10-14-7-4(8(16)15-10)12-3-6(24)5(23)2(21-9(3)13-7)1-20-22(17,18)19/h2-3,9,12,23-24H,1H2,(H2,17,18,19)(H4,11,13,14,15,16)/t2-,3+,9-/m0/s1. The normalized spacial score (nSPS) is 26.2. The molecule has 7 N–H and O–H groups in total. The van der Waals surface area contributed by atoms with Crippen molar-refractivity contribution in [2.45, 2.75) is 18.4 Å². The Hall–Kier alpha value is -1.21. The Morgan fingerprint density at radius 2 is 2.04 bits per heavy atom. The van der Waals surface area contributed by atoms with Gasteiger partial charge in [0.25, 0.3) is 5.56 Å². The predicted molar refractivity (Wildman–Crippen MR) is 92.0 cm³/mol. The molecule has 11 nitrogen and oxygen atoms in total. The largest absolute Gasteiger partial charge is 0.469 e. The summed E-state index contributed by atoms with van der Waals surface area (Å²) in [5.74, 6) is 0.121. The van der Waals surface area contributed by atoms with Gasteiger partial charge in [-0.25, -0.2) is 4.57 Å². The van der Waals surface area contributed by atoms with Crippen molar-refractivity contribution in [3.8, 4) is 0 Å². The highest BCUT2D eigenvalue weighted by atomic mass is 32.1. The van der Waals surface area contributed by atoms with Crippen molar-refractivity contribution in [2.75, 3.05) is 23.0 Å². The molecule has 0 radical (unpaired) electrons. The summed E-state index contributed by atoms with van der Waals surface area (Å²) in [4.78, 5) is 36.7. The maximum absolute atomic E-state index is 11.9. The zero-order valence-electron chi connectivity index (χ0n) is 11.8. The van der Waals surface area contributed by atoms with Crippen LogP contribution in [0.25, 0.3) is 0 Å². The fraction of sp³-hybridized carbons (Fsp3) is 0.400. The molecule has 0 spiro atoms. The second-order valence-corrected chi connectivity index (χ2v) is 7.25. The third kappa shape index (κ3) is 3.42.